The molecule has 0 bridgehead atoms. The van der Waals surface area contributed by atoms with E-state index < -0.39 is 10.0 Å². The lowest BCUT2D eigenvalue weighted by Gasteiger charge is -2.20. The van der Waals surface area contributed by atoms with Gasteiger partial charge in [0.2, 0.25) is 21.8 Å². The van der Waals surface area contributed by atoms with E-state index >= 15 is 0 Å². The van der Waals surface area contributed by atoms with Crippen LogP contribution >= 0.6 is 0 Å². The van der Waals surface area contributed by atoms with Gasteiger partial charge in [0.15, 0.2) is 0 Å². The van der Waals surface area contributed by atoms with Gasteiger partial charge in [-0.05, 0) is 49.9 Å². The van der Waals surface area contributed by atoms with Crippen molar-refractivity contribution in [2.45, 2.75) is 44.0 Å². The van der Waals surface area contributed by atoms with E-state index in [1.54, 1.807) is 23.1 Å². The fourth-order valence-corrected chi connectivity index (χ4v) is 5.26. The Morgan fingerprint density at radius 1 is 1.23 bits per heavy atom. The van der Waals surface area contributed by atoms with E-state index in [1.807, 2.05) is 6.92 Å². The molecule has 31 heavy (non-hydrogen) atoms. The second-order valence-electron chi connectivity index (χ2n) is 7.89. The summed E-state index contributed by atoms with van der Waals surface area (Å²) < 4.78 is 33.6. The number of carbonyl (C=O) groups is 1. The normalized spacial score (nSPS) is 18.3. The van der Waals surface area contributed by atoms with Crippen LogP contribution in [0.25, 0.3) is 0 Å². The molecule has 166 valence electrons. The summed E-state index contributed by atoms with van der Waals surface area (Å²) in [5.41, 5.74) is 1.64. The molecule has 1 atom stereocenters. The number of hydrogen-bond donors (Lipinski definition) is 1. The van der Waals surface area contributed by atoms with E-state index in [2.05, 4.69) is 19.6 Å². The third kappa shape index (κ3) is 4.64. The topological polar surface area (TPSA) is 105 Å². The van der Waals surface area contributed by atoms with Crippen molar-refractivity contribution in [2.75, 3.05) is 36.0 Å². The van der Waals surface area contributed by atoms with Crippen molar-refractivity contribution in [2.24, 2.45) is 0 Å². The molecule has 2 aromatic rings. The highest BCUT2D eigenvalue weighted by molar-refractivity contribution is 7.89. The van der Waals surface area contributed by atoms with E-state index in [-0.39, 0.29) is 30.0 Å². The first-order chi connectivity index (χ1) is 14.8. The number of benzene rings is 1. The summed E-state index contributed by atoms with van der Waals surface area (Å²) in [6.07, 6.45) is 4.39. The molecule has 1 N–H and O–H groups in total. The zero-order chi connectivity index (χ0) is 22.0. The number of aromatic nitrogens is 2. The van der Waals surface area contributed by atoms with Crippen molar-refractivity contribution in [1.82, 2.24) is 14.7 Å². The number of hydrogen-bond acceptors (Lipinski definition) is 7. The molecule has 4 rings (SSSR count). The molecule has 1 fully saturated rings. The lowest BCUT2D eigenvalue weighted by Crippen LogP contribution is -2.33. The Balaban J connectivity index is 1.35. The van der Waals surface area contributed by atoms with Crippen molar-refractivity contribution >= 4 is 27.4 Å². The Labute approximate surface area is 182 Å². The number of ether oxygens (including phenoxy) is 1. The number of sulfonamides is 1. The fourth-order valence-electron chi connectivity index (χ4n) is 4.20. The third-order valence-electron chi connectivity index (χ3n) is 5.62. The first-order valence-electron chi connectivity index (χ1n) is 10.5. The van der Waals surface area contributed by atoms with Gasteiger partial charge in [-0.25, -0.2) is 23.1 Å². The van der Waals surface area contributed by atoms with E-state index in [4.69, 9.17) is 4.74 Å². The lowest BCUT2D eigenvalue weighted by molar-refractivity contribution is -0.116. The lowest BCUT2D eigenvalue weighted by atomic mass is 10.1. The van der Waals surface area contributed by atoms with Gasteiger partial charge in [-0.15, -0.1) is 0 Å². The van der Waals surface area contributed by atoms with Crippen LogP contribution in [0.1, 0.15) is 32.3 Å². The number of rotatable bonds is 7. The number of anilines is 2. The summed E-state index contributed by atoms with van der Waals surface area (Å²) in [4.78, 5) is 24.3. The number of nitrogens with one attached hydrogen (secondary N) is 1. The van der Waals surface area contributed by atoms with Gasteiger partial charge in [-0.3, -0.25) is 4.79 Å². The maximum atomic E-state index is 12.7. The van der Waals surface area contributed by atoms with Crippen molar-refractivity contribution in [3.05, 3.63) is 36.2 Å². The summed E-state index contributed by atoms with van der Waals surface area (Å²) in [7, 11) is -3.69. The Morgan fingerprint density at radius 2 is 2.00 bits per heavy atom. The van der Waals surface area contributed by atoms with E-state index in [0.717, 1.165) is 43.0 Å². The zero-order valence-corrected chi connectivity index (χ0v) is 18.6. The minimum Gasteiger partial charge on any atom is -0.476 e. The molecule has 2 aliphatic rings. The van der Waals surface area contributed by atoms with Crippen molar-refractivity contribution in [3.8, 4) is 5.88 Å². The van der Waals surface area contributed by atoms with Crippen molar-refractivity contribution in [1.29, 1.82) is 0 Å². The van der Waals surface area contributed by atoms with Crippen LogP contribution in [0.4, 0.5) is 11.5 Å². The fraction of sp³-hybridized carbons (Fsp3) is 0.476. The van der Waals surface area contributed by atoms with Gasteiger partial charge in [0.05, 0.1) is 4.90 Å². The summed E-state index contributed by atoms with van der Waals surface area (Å²) >= 11 is 0. The van der Waals surface area contributed by atoms with Crippen LogP contribution in [0, 0.1) is 0 Å². The molecular weight excluding hydrogens is 418 g/mol. The van der Waals surface area contributed by atoms with Gasteiger partial charge in [-0.2, -0.15) is 0 Å². The Kier molecular flexibility index (Phi) is 6.10. The Morgan fingerprint density at radius 3 is 2.74 bits per heavy atom. The summed E-state index contributed by atoms with van der Waals surface area (Å²) in [5, 5.41) is 0. The van der Waals surface area contributed by atoms with Crippen molar-refractivity contribution < 1.29 is 17.9 Å². The minimum absolute atomic E-state index is 0.0186. The van der Waals surface area contributed by atoms with Crippen LogP contribution in [0.2, 0.25) is 0 Å². The molecule has 1 unspecified atom stereocenters. The van der Waals surface area contributed by atoms with E-state index in [0.29, 0.717) is 12.3 Å². The smallest absolute Gasteiger partial charge is 0.240 e. The summed E-state index contributed by atoms with van der Waals surface area (Å²) in [6.45, 7) is 5.67. The van der Waals surface area contributed by atoms with Crippen molar-refractivity contribution in [3.63, 3.8) is 0 Å². The van der Waals surface area contributed by atoms with E-state index in [1.165, 1.54) is 19.3 Å². The monoisotopic (exact) mass is 445 g/mol. The van der Waals surface area contributed by atoms with Gasteiger partial charge in [0.1, 0.15) is 18.8 Å². The summed E-state index contributed by atoms with van der Waals surface area (Å²) in [5.74, 6) is 1.21. The molecule has 2 aliphatic heterocycles. The van der Waals surface area contributed by atoms with Gasteiger partial charge in [0.25, 0.3) is 0 Å². The largest absolute Gasteiger partial charge is 0.476 e. The second kappa shape index (κ2) is 8.80. The van der Waals surface area contributed by atoms with Gasteiger partial charge >= 0.3 is 0 Å². The van der Waals surface area contributed by atoms with Crippen LogP contribution < -0.4 is 19.3 Å². The number of nitrogens with zero attached hydrogens (tertiary/aromatic N) is 4. The van der Waals surface area contributed by atoms with Crippen LogP contribution in [0.15, 0.2) is 35.5 Å². The molecule has 0 saturated carbocycles. The molecule has 10 heteroatoms. The predicted octanol–water partition coefficient (Wildman–Crippen LogP) is 1.73. The number of amides is 1. The molecule has 0 radical (unpaired) electrons. The summed E-state index contributed by atoms with van der Waals surface area (Å²) in [6, 6.07) is 6.67. The quantitative estimate of drug-likeness (QED) is 0.647. The Hall–Kier alpha value is -2.72. The number of fused-ring (bicyclic) bond motifs is 1. The Bertz CT molecular complexity index is 1070. The maximum absolute atomic E-state index is 12.7. The molecule has 1 amide bonds. The van der Waals surface area contributed by atoms with Gasteiger partial charge < -0.3 is 14.5 Å². The third-order valence-corrected chi connectivity index (χ3v) is 7.08. The first-order valence-corrected chi connectivity index (χ1v) is 12.0. The predicted molar refractivity (Wildman–Crippen MR) is 117 cm³/mol. The average Bonchev–Trinajstić information content (AvgIpc) is 3.38. The molecule has 3 heterocycles. The maximum Gasteiger partial charge on any atom is 0.240 e. The highest BCUT2D eigenvalue weighted by Crippen LogP contribution is 2.33. The highest BCUT2D eigenvalue weighted by atomic mass is 32.2. The van der Waals surface area contributed by atoms with Crippen LogP contribution in [0.5, 0.6) is 5.88 Å². The van der Waals surface area contributed by atoms with Crippen LogP contribution in [-0.4, -0.2) is 56.6 Å². The first kappa shape index (κ1) is 21.5. The molecule has 1 aromatic heterocycles. The molecule has 0 spiro atoms. The average molecular weight is 446 g/mol. The van der Waals surface area contributed by atoms with Crippen LogP contribution in [0.3, 0.4) is 0 Å². The SMILES string of the molecule is CC(=O)N1c2ccc(S(=O)(=O)NCCOc3cc(N4CCCC4)ncn3)cc2CC1C. The van der Waals surface area contributed by atoms with Gasteiger partial charge in [-0.1, -0.05) is 0 Å². The molecule has 9 nitrogen and oxygen atoms in total. The molecule has 1 saturated heterocycles. The highest BCUT2D eigenvalue weighted by Gasteiger charge is 2.30. The second-order valence-corrected chi connectivity index (χ2v) is 9.65. The molecule has 0 aliphatic carbocycles. The standard InChI is InChI=1S/C21H27N5O4S/c1-15-11-17-12-18(5-6-19(17)26(15)16(2)27)31(28,29)24-7-10-30-21-13-20(22-14-23-21)25-8-3-4-9-25/h5-6,12-15,24H,3-4,7-11H2,1-2H3. The number of carbonyl (C=O) groups excluding carboxylic acids is 1. The molecular formula is C21H27N5O4S. The van der Waals surface area contributed by atoms with Gasteiger partial charge in [0, 0.05) is 44.4 Å². The minimum atomic E-state index is -3.69. The van der Waals surface area contributed by atoms with Crippen LogP contribution in [-0.2, 0) is 21.2 Å². The zero-order valence-electron chi connectivity index (χ0n) is 17.7. The molecule has 1 aromatic carbocycles. The van der Waals surface area contributed by atoms with E-state index in [9.17, 15) is 13.2 Å².